The molecule has 0 radical (unpaired) electrons. The highest BCUT2D eigenvalue weighted by atomic mass is 79.9. The molecule has 22 heavy (non-hydrogen) atoms. The maximum Gasteiger partial charge on any atom is 0.133 e. The summed E-state index contributed by atoms with van der Waals surface area (Å²) >= 11 is 6.93. The van der Waals surface area contributed by atoms with E-state index in [1.807, 2.05) is 36.4 Å². The van der Waals surface area contributed by atoms with Crippen LogP contribution < -0.4 is 20.9 Å². The Hall–Kier alpha value is -1.08. The molecular formula is C16H18Br2N2O2. The summed E-state index contributed by atoms with van der Waals surface area (Å²) in [4.78, 5) is 0. The number of nitrogens with two attached hydrogens (primary N) is 2. The van der Waals surface area contributed by atoms with Gasteiger partial charge in [-0.3, -0.25) is 0 Å². The zero-order valence-electron chi connectivity index (χ0n) is 12.3. The van der Waals surface area contributed by atoms with Gasteiger partial charge < -0.3 is 20.9 Å². The molecule has 0 fully saturated rings. The Balaban J connectivity index is 2.26. The van der Waals surface area contributed by atoms with Gasteiger partial charge in [0.1, 0.15) is 11.5 Å². The molecule has 0 aliphatic rings. The Bertz CT molecular complexity index is 607. The molecule has 118 valence electrons. The van der Waals surface area contributed by atoms with Crippen LogP contribution in [-0.2, 0) is 0 Å². The van der Waals surface area contributed by atoms with E-state index in [0.717, 1.165) is 31.6 Å². The summed E-state index contributed by atoms with van der Waals surface area (Å²) in [5.74, 6) is 1.52. The molecule has 2 aromatic carbocycles. The van der Waals surface area contributed by atoms with Gasteiger partial charge >= 0.3 is 0 Å². The van der Waals surface area contributed by atoms with E-state index in [1.54, 1.807) is 14.2 Å². The number of benzene rings is 2. The minimum absolute atomic E-state index is 0.331. The minimum atomic E-state index is -0.331. The molecule has 2 atom stereocenters. The van der Waals surface area contributed by atoms with Crippen LogP contribution in [0.5, 0.6) is 11.5 Å². The fourth-order valence-electron chi connectivity index (χ4n) is 2.19. The van der Waals surface area contributed by atoms with E-state index in [0.29, 0.717) is 0 Å². The van der Waals surface area contributed by atoms with Crippen molar-refractivity contribution in [2.45, 2.75) is 12.1 Å². The Labute approximate surface area is 147 Å². The van der Waals surface area contributed by atoms with Gasteiger partial charge in [-0.25, -0.2) is 0 Å². The third-order valence-corrected chi connectivity index (χ3v) is 4.75. The molecule has 0 aromatic heterocycles. The Morgan fingerprint density at radius 3 is 1.41 bits per heavy atom. The molecule has 2 unspecified atom stereocenters. The molecule has 6 heteroatoms. The quantitative estimate of drug-likeness (QED) is 0.755. The summed E-state index contributed by atoms with van der Waals surface area (Å²) in [6.45, 7) is 0. The molecule has 2 aromatic rings. The van der Waals surface area contributed by atoms with Gasteiger partial charge in [-0.1, -0.05) is 12.1 Å². The number of methoxy groups -OCH3 is 2. The Morgan fingerprint density at radius 2 is 1.14 bits per heavy atom. The fourth-order valence-corrected chi connectivity index (χ4v) is 3.31. The summed E-state index contributed by atoms with van der Waals surface area (Å²) in [5, 5.41) is 0. The lowest BCUT2D eigenvalue weighted by Crippen LogP contribution is -2.26. The summed E-state index contributed by atoms with van der Waals surface area (Å²) in [6.07, 6.45) is 0. The van der Waals surface area contributed by atoms with Gasteiger partial charge in [0.05, 0.1) is 23.2 Å². The molecule has 0 saturated heterocycles. The van der Waals surface area contributed by atoms with E-state index in [4.69, 9.17) is 20.9 Å². The minimum Gasteiger partial charge on any atom is -0.496 e. The average Bonchev–Trinajstić information content (AvgIpc) is 2.53. The second kappa shape index (κ2) is 7.46. The van der Waals surface area contributed by atoms with E-state index >= 15 is 0 Å². The first-order chi connectivity index (χ1) is 10.5. The normalized spacial score (nSPS) is 13.5. The second-order valence-corrected chi connectivity index (χ2v) is 6.55. The summed E-state index contributed by atoms with van der Waals surface area (Å²) in [7, 11) is 3.25. The summed E-state index contributed by atoms with van der Waals surface area (Å²) in [5.41, 5.74) is 14.5. The monoisotopic (exact) mass is 428 g/mol. The van der Waals surface area contributed by atoms with Crippen LogP contribution in [0, 0.1) is 0 Å². The van der Waals surface area contributed by atoms with Gasteiger partial charge in [0, 0.05) is 12.1 Å². The van der Waals surface area contributed by atoms with Crippen molar-refractivity contribution in [3.63, 3.8) is 0 Å². The largest absolute Gasteiger partial charge is 0.496 e. The Kier molecular flexibility index (Phi) is 5.86. The van der Waals surface area contributed by atoms with Crippen LogP contribution in [0.2, 0.25) is 0 Å². The first-order valence-corrected chi connectivity index (χ1v) is 8.24. The van der Waals surface area contributed by atoms with Crippen molar-refractivity contribution in [1.29, 1.82) is 0 Å². The average molecular weight is 430 g/mol. The Morgan fingerprint density at radius 1 is 0.773 bits per heavy atom. The van der Waals surface area contributed by atoms with Crippen LogP contribution in [0.15, 0.2) is 45.3 Å². The van der Waals surface area contributed by atoms with Crippen molar-refractivity contribution in [1.82, 2.24) is 0 Å². The zero-order valence-corrected chi connectivity index (χ0v) is 15.5. The fraction of sp³-hybridized carbons (Fsp3) is 0.250. The van der Waals surface area contributed by atoms with Crippen molar-refractivity contribution < 1.29 is 9.47 Å². The lowest BCUT2D eigenvalue weighted by molar-refractivity contribution is 0.411. The van der Waals surface area contributed by atoms with E-state index < -0.39 is 0 Å². The van der Waals surface area contributed by atoms with Crippen LogP contribution in [0.25, 0.3) is 0 Å². The lowest BCUT2D eigenvalue weighted by atomic mass is 9.95. The highest BCUT2D eigenvalue weighted by Gasteiger charge is 2.19. The molecule has 0 saturated carbocycles. The van der Waals surface area contributed by atoms with Crippen LogP contribution in [0.3, 0.4) is 0 Å². The van der Waals surface area contributed by atoms with Crippen molar-refractivity contribution in [2.75, 3.05) is 14.2 Å². The van der Waals surface area contributed by atoms with Crippen molar-refractivity contribution in [3.8, 4) is 11.5 Å². The van der Waals surface area contributed by atoms with Gasteiger partial charge in [0.2, 0.25) is 0 Å². The maximum atomic E-state index is 6.32. The molecule has 0 aliphatic heterocycles. The van der Waals surface area contributed by atoms with Gasteiger partial charge in [-0.15, -0.1) is 0 Å². The van der Waals surface area contributed by atoms with Crippen LogP contribution in [-0.4, -0.2) is 14.2 Å². The first kappa shape index (κ1) is 17.3. The topological polar surface area (TPSA) is 70.5 Å². The zero-order chi connectivity index (χ0) is 16.3. The van der Waals surface area contributed by atoms with Crippen LogP contribution >= 0.6 is 31.9 Å². The van der Waals surface area contributed by atoms with Crippen molar-refractivity contribution in [2.24, 2.45) is 11.5 Å². The highest BCUT2D eigenvalue weighted by molar-refractivity contribution is 9.10. The number of halogens is 2. The number of hydrogen-bond donors (Lipinski definition) is 2. The smallest absolute Gasteiger partial charge is 0.133 e. The summed E-state index contributed by atoms with van der Waals surface area (Å²) in [6, 6.07) is 10.8. The lowest BCUT2D eigenvalue weighted by Gasteiger charge is -2.22. The predicted octanol–water partition coefficient (Wildman–Crippen LogP) is 3.93. The molecular weight excluding hydrogens is 412 g/mol. The van der Waals surface area contributed by atoms with Crippen LogP contribution in [0.4, 0.5) is 0 Å². The second-order valence-electron chi connectivity index (χ2n) is 4.84. The molecule has 0 spiro atoms. The molecule has 0 aliphatic carbocycles. The van der Waals surface area contributed by atoms with Crippen molar-refractivity contribution in [3.05, 3.63) is 56.5 Å². The van der Waals surface area contributed by atoms with E-state index in [9.17, 15) is 0 Å². The van der Waals surface area contributed by atoms with E-state index in [-0.39, 0.29) is 12.1 Å². The standard InChI is InChI=1S/C16H18Br2N2O2/c1-21-13-5-3-9(7-11(13)17)15(19)16(20)10-4-6-14(22-2)12(18)8-10/h3-8,15-16H,19-20H2,1-2H3. The predicted molar refractivity (Wildman–Crippen MR) is 95.2 cm³/mol. The van der Waals surface area contributed by atoms with E-state index in [1.165, 1.54) is 0 Å². The summed E-state index contributed by atoms with van der Waals surface area (Å²) < 4.78 is 12.2. The molecule has 0 heterocycles. The van der Waals surface area contributed by atoms with Gasteiger partial charge in [-0.05, 0) is 67.3 Å². The SMILES string of the molecule is COc1ccc(C(N)C(N)c2ccc(OC)c(Br)c2)cc1Br. The van der Waals surface area contributed by atoms with E-state index in [2.05, 4.69) is 31.9 Å². The maximum absolute atomic E-state index is 6.32. The van der Waals surface area contributed by atoms with Gasteiger partial charge in [0.15, 0.2) is 0 Å². The van der Waals surface area contributed by atoms with Crippen molar-refractivity contribution >= 4 is 31.9 Å². The number of rotatable bonds is 5. The molecule has 0 bridgehead atoms. The molecule has 4 nitrogen and oxygen atoms in total. The number of hydrogen-bond acceptors (Lipinski definition) is 4. The molecule has 0 amide bonds. The third-order valence-electron chi connectivity index (χ3n) is 3.51. The number of ether oxygens (including phenoxy) is 2. The van der Waals surface area contributed by atoms with Gasteiger partial charge in [-0.2, -0.15) is 0 Å². The first-order valence-electron chi connectivity index (χ1n) is 6.66. The molecule has 2 rings (SSSR count). The highest BCUT2D eigenvalue weighted by Crippen LogP contribution is 2.33. The van der Waals surface area contributed by atoms with Gasteiger partial charge in [0.25, 0.3) is 0 Å². The third kappa shape index (κ3) is 3.63. The molecule has 4 N–H and O–H groups in total. The van der Waals surface area contributed by atoms with Crippen LogP contribution in [0.1, 0.15) is 23.2 Å².